The third-order valence-corrected chi connectivity index (χ3v) is 4.01. The molecule has 9 heteroatoms. The molecule has 0 aliphatic carbocycles. The smallest absolute Gasteiger partial charge is 0.259 e. The molecule has 0 aromatic heterocycles. The molecule has 2 aromatic rings. The van der Waals surface area contributed by atoms with E-state index in [0.29, 0.717) is 28.6 Å². The zero-order chi connectivity index (χ0) is 21.4. The van der Waals surface area contributed by atoms with Gasteiger partial charge in [-0.2, -0.15) is 5.10 Å². The van der Waals surface area contributed by atoms with Crippen LogP contribution >= 0.6 is 0 Å². The molecule has 0 fully saturated rings. The average Bonchev–Trinajstić information content (AvgIpc) is 2.74. The second kappa shape index (κ2) is 9.98. The summed E-state index contributed by atoms with van der Waals surface area (Å²) in [6.07, 6.45) is 0. The standard InChI is InChI=1S/C20H24N4O5/c1-12(13-5-7-15(21)8-6-13)23-24-18(25)11-22-20(26)14-9-16(27-2)19(29-4)17(10-14)28-3/h5-10H,11,21H2,1-4H3,(H,22,26)(H,24,25). The molecule has 29 heavy (non-hydrogen) atoms. The minimum absolute atomic E-state index is 0.256. The van der Waals surface area contributed by atoms with Crippen LogP contribution in [0.5, 0.6) is 17.2 Å². The Kier molecular flexibility index (Phi) is 7.41. The molecular formula is C20H24N4O5. The van der Waals surface area contributed by atoms with Crippen LogP contribution in [0.3, 0.4) is 0 Å². The van der Waals surface area contributed by atoms with Crippen molar-refractivity contribution in [3.63, 3.8) is 0 Å². The van der Waals surface area contributed by atoms with E-state index in [4.69, 9.17) is 19.9 Å². The molecule has 0 saturated carbocycles. The SMILES string of the molecule is COc1cc(C(=O)NCC(=O)NN=C(C)c2ccc(N)cc2)cc(OC)c1OC. The monoisotopic (exact) mass is 400 g/mol. The minimum Gasteiger partial charge on any atom is -0.493 e. The van der Waals surface area contributed by atoms with Crippen molar-refractivity contribution in [2.24, 2.45) is 5.10 Å². The van der Waals surface area contributed by atoms with E-state index in [9.17, 15) is 9.59 Å². The first-order chi connectivity index (χ1) is 13.9. The topological polar surface area (TPSA) is 124 Å². The van der Waals surface area contributed by atoms with Gasteiger partial charge in [-0.25, -0.2) is 5.43 Å². The molecule has 0 aliphatic rings. The lowest BCUT2D eigenvalue weighted by atomic mass is 10.1. The number of rotatable bonds is 8. The van der Waals surface area contributed by atoms with Crippen molar-refractivity contribution in [3.05, 3.63) is 47.5 Å². The molecule has 0 unspecified atom stereocenters. The van der Waals surface area contributed by atoms with E-state index in [1.54, 1.807) is 31.2 Å². The van der Waals surface area contributed by atoms with Gasteiger partial charge in [0, 0.05) is 11.3 Å². The fraction of sp³-hybridized carbons (Fsp3) is 0.250. The van der Waals surface area contributed by atoms with Crippen molar-refractivity contribution >= 4 is 23.2 Å². The Hall–Kier alpha value is -3.75. The van der Waals surface area contributed by atoms with Crippen LogP contribution in [0.15, 0.2) is 41.5 Å². The first-order valence-corrected chi connectivity index (χ1v) is 8.66. The van der Waals surface area contributed by atoms with Crippen LogP contribution < -0.4 is 30.7 Å². The second-order valence-electron chi connectivity index (χ2n) is 5.95. The Morgan fingerprint density at radius 1 is 0.966 bits per heavy atom. The Balaban J connectivity index is 1.98. The van der Waals surface area contributed by atoms with Gasteiger partial charge in [0.2, 0.25) is 5.75 Å². The third kappa shape index (κ3) is 5.61. The predicted octanol–water partition coefficient (Wildman–Crippen LogP) is 1.56. The van der Waals surface area contributed by atoms with Gasteiger partial charge in [-0.05, 0) is 36.8 Å². The van der Waals surface area contributed by atoms with Crippen LogP contribution in [-0.2, 0) is 4.79 Å². The van der Waals surface area contributed by atoms with Crippen molar-refractivity contribution in [3.8, 4) is 17.2 Å². The molecule has 2 aromatic carbocycles. The number of carbonyl (C=O) groups is 2. The average molecular weight is 400 g/mol. The summed E-state index contributed by atoms with van der Waals surface area (Å²) in [7, 11) is 4.37. The van der Waals surface area contributed by atoms with Gasteiger partial charge in [0.25, 0.3) is 11.8 Å². The fourth-order valence-electron chi connectivity index (χ4n) is 2.45. The maximum atomic E-state index is 12.4. The molecule has 2 rings (SSSR count). The predicted molar refractivity (Wildman–Crippen MR) is 110 cm³/mol. The second-order valence-corrected chi connectivity index (χ2v) is 5.95. The lowest BCUT2D eigenvalue weighted by Crippen LogP contribution is -2.35. The number of nitrogens with zero attached hydrogens (tertiary/aromatic N) is 1. The van der Waals surface area contributed by atoms with E-state index in [2.05, 4.69) is 15.8 Å². The summed E-state index contributed by atoms with van der Waals surface area (Å²) >= 11 is 0. The Morgan fingerprint density at radius 3 is 2.07 bits per heavy atom. The van der Waals surface area contributed by atoms with E-state index in [1.165, 1.54) is 33.5 Å². The highest BCUT2D eigenvalue weighted by molar-refractivity contribution is 6.00. The molecule has 0 radical (unpaired) electrons. The lowest BCUT2D eigenvalue weighted by molar-refractivity contribution is -0.120. The Morgan fingerprint density at radius 2 is 1.55 bits per heavy atom. The molecule has 2 amide bonds. The van der Waals surface area contributed by atoms with Crippen molar-refractivity contribution in [2.75, 3.05) is 33.6 Å². The van der Waals surface area contributed by atoms with Gasteiger partial charge < -0.3 is 25.3 Å². The van der Waals surface area contributed by atoms with Crippen LogP contribution in [0.1, 0.15) is 22.8 Å². The van der Waals surface area contributed by atoms with Gasteiger partial charge in [-0.15, -0.1) is 0 Å². The number of nitrogens with two attached hydrogens (primary N) is 1. The van der Waals surface area contributed by atoms with Crippen molar-refractivity contribution in [2.45, 2.75) is 6.92 Å². The number of hydrogen-bond acceptors (Lipinski definition) is 7. The van der Waals surface area contributed by atoms with Crippen LogP contribution in [0.2, 0.25) is 0 Å². The lowest BCUT2D eigenvalue weighted by Gasteiger charge is -2.14. The highest BCUT2D eigenvalue weighted by atomic mass is 16.5. The van der Waals surface area contributed by atoms with Gasteiger partial charge in [-0.1, -0.05) is 12.1 Å². The van der Waals surface area contributed by atoms with Gasteiger partial charge >= 0.3 is 0 Å². The summed E-state index contributed by atoms with van der Waals surface area (Å²) in [4.78, 5) is 24.4. The van der Waals surface area contributed by atoms with Gasteiger partial charge in [0.1, 0.15) is 0 Å². The van der Waals surface area contributed by atoms with E-state index >= 15 is 0 Å². The van der Waals surface area contributed by atoms with E-state index in [-0.39, 0.29) is 12.1 Å². The summed E-state index contributed by atoms with van der Waals surface area (Å²) in [5.74, 6) is 0.103. The van der Waals surface area contributed by atoms with Crippen LogP contribution in [0, 0.1) is 0 Å². The van der Waals surface area contributed by atoms with Crippen molar-refractivity contribution in [1.82, 2.24) is 10.7 Å². The molecule has 0 spiro atoms. The number of hydrogen-bond donors (Lipinski definition) is 3. The highest BCUT2D eigenvalue weighted by Crippen LogP contribution is 2.38. The fourth-order valence-corrected chi connectivity index (χ4v) is 2.45. The van der Waals surface area contributed by atoms with E-state index in [0.717, 1.165) is 5.56 Å². The zero-order valence-corrected chi connectivity index (χ0v) is 16.7. The third-order valence-electron chi connectivity index (χ3n) is 4.01. The first kappa shape index (κ1) is 21.5. The van der Waals surface area contributed by atoms with E-state index in [1.807, 2.05) is 0 Å². The number of benzene rings is 2. The number of nitrogens with one attached hydrogen (secondary N) is 2. The van der Waals surface area contributed by atoms with Crippen LogP contribution in [0.25, 0.3) is 0 Å². The normalized spacial score (nSPS) is 10.8. The summed E-state index contributed by atoms with van der Waals surface area (Å²) in [5.41, 5.74) is 10.4. The maximum absolute atomic E-state index is 12.4. The maximum Gasteiger partial charge on any atom is 0.259 e. The van der Waals surface area contributed by atoms with Gasteiger partial charge in [0.15, 0.2) is 11.5 Å². The van der Waals surface area contributed by atoms with Crippen molar-refractivity contribution in [1.29, 1.82) is 0 Å². The summed E-state index contributed by atoms with van der Waals surface area (Å²) < 4.78 is 15.7. The number of hydrazone groups is 1. The number of nitrogen functional groups attached to an aromatic ring is 1. The van der Waals surface area contributed by atoms with Gasteiger partial charge in [-0.3, -0.25) is 9.59 Å². The summed E-state index contributed by atoms with van der Waals surface area (Å²) in [6.45, 7) is 1.49. The number of amides is 2. The zero-order valence-electron chi connectivity index (χ0n) is 16.7. The molecule has 9 nitrogen and oxygen atoms in total. The largest absolute Gasteiger partial charge is 0.493 e. The number of carbonyl (C=O) groups excluding carboxylic acids is 2. The Labute approximate surface area is 168 Å². The molecule has 0 heterocycles. The molecule has 0 saturated heterocycles. The van der Waals surface area contributed by atoms with Crippen LogP contribution in [-0.4, -0.2) is 45.4 Å². The number of anilines is 1. The molecular weight excluding hydrogens is 376 g/mol. The number of methoxy groups -OCH3 is 3. The first-order valence-electron chi connectivity index (χ1n) is 8.66. The summed E-state index contributed by atoms with van der Waals surface area (Å²) in [5, 5.41) is 6.54. The van der Waals surface area contributed by atoms with Crippen molar-refractivity contribution < 1.29 is 23.8 Å². The van der Waals surface area contributed by atoms with Crippen LogP contribution in [0.4, 0.5) is 5.69 Å². The van der Waals surface area contributed by atoms with E-state index < -0.39 is 11.8 Å². The quantitative estimate of drug-likeness (QED) is 0.351. The minimum atomic E-state index is -0.473. The molecule has 4 N–H and O–H groups in total. The highest BCUT2D eigenvalue weighted by Gasteiger charge is 2.17. The molecule has 0 aliphatic heterocycles. The summed E-state index contributed by atoms with van der Waals surface area (Å²) in [6, 6.07) is 10.1. The molecule has 154 valence electrons. The molecule has 0 bridgehead atoms. The number of ether oxygens (including phenoxy) is 3. The van der Waals surface area contributed by atoms with Gasteiger partial charge in [0.05, 0.1) is 33.6 Å². The molecule has 0 atom stereocenters. The Bertz CT molecular complexity index is 885.